The van der Waals surface area contributed by atoms with Gasteiger partial charge in [-0.1, -0.05) is 12.1 Å². The van der Waals surface area contributed by atoms with Crippen LogP contribution in [0.25, 0.3) is 0 Å². The third kappa shape index (κ3) is 1.46. The zero-order valence-electron chi connectivity index (χ0n) is 7.25. The summed E-state index contributed by atoms with van der Waals surface area (Å²) >= 11 is 0. The van der Waals surface area contributed by atoms with E-state index in [4.69, 9.17) is 15.9 Å². The first kappa shape index (κ1) is 8.00. The zero-order valence-corrected chi connectivity index (χ0v) is 7.25. The SMILES string of the molecule is C#CCc1cccc2c1OCCO2. The number of benzene rings is 1. The number of ether oxygens (including phenoxy) is 2. The Bertz CT molecular complexity index is 350. The Morgan fingerprint density at radius 1 is 1.31 bits per heavy atom. The van der Waals surface area contributed by atoms with Crippen molar-refractivity contribution in [3.63, 3.8) is 0 Å². The molecule has 13 heavy (non-hydrogen) atoms. The van der Waals surface area contributed by atoms with Gasteiger partial charge in [0.25, 0.3) is 0 Å². The lowest BCUT2D eigenvalue weighted by atomic mass is 10.1. The van der Waals surface area contributed by atoms with Gasteiger partial charge in [-0.25, -0.2) is 0 Å². The summed E-state index contributed by atoms with van der Waals surface area (Å²) in [6, 6.07) is 5.79. The second-order valence-corrected chi connectivity index (χ2v) is 2.82. The van der Waals surface area contributed by atoms with Crippen molar-refractivity contribution in [2.75, 3.05) is 13.2 Å². The number of rotatable bonds is 1. The maximum absolute atomic E-state index is 5.49. The standard InChI is InChI=1S/C11H10O2/c1-2-4-9-5-3-6-10-11(9)13-8-7-12-10/h1,3,5-6H,4,7-8H2. The molecule has 0 amide bonds. The lowest BCUT2D eigenvalue weighted by molar-refractivity contribution is 0.170. The largest absolute Gasteiger partial charge is 0.486 e. The van der Waals surface area contributed by atoms with Gasteiger partial charge >= 0.3 is 0 Å². The van der Waals surface area contributed by atoms with Gasteiger partial charge in [0.1, 0.15) is 13.2 Å². The van der Waals surface area contributed by atoms with Crippen molar-refractivity contribution in [3.8, 4) is 23.8 Å². The van der Waals surface area contributed by atoms with Crippen LogP contribution in [-0.2, 0) is 6.42 Å². The van der Waals surface area contributed by atoms with Crippen LogP contribution in [-0.4, -0.2) is 13.2 Å². The molecule has 2 nitrogen and oxygen atoms in total. The van der Waals surface area contributed by atoms with E-state index in [9.17, 15) is 0 Å². The molecule has 0 aromatic heterocycles. The summed E-state index contributed by atoms with van der Waals surface area (Å²) in [5.74, 6) is 4.21. The van der Waals surface area contributed by atoms with Crippen LogP contribution in [0.1, 0.15) is 5.56 Å². The number of para-hydroxylation sites is 1. The highest BCUT2D eigenvalue weighted by Gasteiger charge is 2.14. The summed E-state index contributed by atoms with van der Waals surface area (Å²) in [6.07, 6.45) is 5.84. The lowest BCUT2D eigenvalue weighted by Gasteiger charge is -2.20. The molecule has 0 radical (unpaired) electrons. The van der Waals surface area contributed by atoms with Crippen LogP contribution >= 0.6 is 0 Å². The van der Waals surface area contributed by atoms with E-state index >= 15 is 0 Å². The quantitative estimate of drug-likeness (QED) is 0.602. The van der Waals surface area contributed by atoms with Gasteiger partial charge in [-0.05, 0) is 6.07 Å². The van der Waals surface area contributed by atoms with Gasteiger partial charge in [-0.3, -0.25) is 0 Å². The molecule has 1 aliphatic heterocycles. The van der Waals surface area contributed by atoms with Gasteiger partial charge in [0, 0.05) is 12.0 Å². The lowest BCUT2D eigenvalue weighted by Crippen LogP contribution is -2.16. The number of hydrogen-bond donors (Lipinski definition) is 0. The van der Waals surface area contributed by atoms with Crippen LogP contribution < -0.4 is 9.47 Å². The van der Waals surface area contributed by atoms with E-state index in [1.165, 1.54) is 0 Å². The molecule has 2 heteroatoms. The summed E-state index contributed by atoms with van der Waals surface area (Å²) in [5.41, 5.74) is 1.03. The summed E-state index contributed by atoms with van der Waals surface area (Å²) in [6.45, 7) is 1.22. The number of terminal acetylenes is 1. The molecular formula is C11H10O2. The van der Waals surface area contributed by atoms with E-state index in [1.807, 2.05) is 18.2 Å². The van der Waals surface area contributed by atoms with Crippen LogP contribution in [0, 0.1) is 12.3 Å². The molecule has 1 heterocycles. The zero-order chi connectivity index (χ0) is 9.10. The minimum absolute atomic E-state index is 0.590. The molecule has 0 aliphatic carbocycles. The average molecular weight is 174 g/mol. The minimum Gasteiger partial charge on any atom is -0.486 e. The Balaban J connectivity index is 2.41. The fourth-order valence-electron chi connectivity index (χ4n) is 1.38. The molecule has 1 aromatic carbocycles. The maximum Gasteiger partial charge on any atom is 0.165 e. The van der Waals surface area contributed by atoms with Crippen LogP contribution in [0.3, 0.4) is 0 Å². The molecule has 0 fully saturated rings. The number of fused-ring (bicyclic) bond motifs is 1. The first-order valence-electron chi connectivity index (χ1n) is 4.23. The maximum atomic E-state index is 5.49. The molecule has 1 aliphatic rings. The fraction of sp³-hybridized carbons (Fsp3) is 0.273. The molecular weight excluding hydrogens is 164 g/mol. The predicted octanol–water partition coefficient (Wildman–Crippen LogP) is 1.63. The molecule has 0 spiro atoms. The van der Waals surface area contributed by atoms with Crippen molar-refractivity contribution in [2.45, 2.75) is 6.42 Å². The summed E-state index contributed by atoms with van der Waals surface area (Å²) in [7, 11) is 0. The van der Waals surface area contributed by atoms with Crippen LogP contribution in [0.5, 0.6) is 11.5 Å². The Labute approximate surface area is 77.5 Å². The summed E-state index contributed by atoms with van der Waals surface area (Å²) in [4.78, 5) is 0. The molecule has 0 saturated heterocycles. The fourth-order valence-corrected chi connectivity index (χ4v) is 1.38. The Kier molecular flexibility index (Phi) is 2.09. The molecule has 0 unspecified atom stereocenters. The van der Waals surface area contributed by atoms with Crippen molar-refractivity contribution in [1.82, 2.24) is 0 Å². The highest BCUT2D eigenvalue weighted by atomic mass is 16.6. The molecule has 66 valence electrons. The first-order valence-corrected chi connectivity index (χ1v) is 4.23. The van der Waals surface area contributed by atoms with E-state index in [1.54, 1.807) is 0 Å². The Morgan fingerprint density at radius 2 is 2.15 bits per heavy atom. The van der Waals surface area contributed by atoms with Gasteiger partial charge in [0.15, 0.2) is 11.5 Å². The summed E-state index contributed by atoms with van der Waals surface area (Å²) < 4.78 is 10.9. The van der Waals surface area contributed by atoms with Gasteiger partial charge in [-0.15, -0.1) is 12.3 Å². The molecule has 0 N–H and O–H groups in total. The highest BCUT2D eigenvalue weighted by molar-refractivity contribution is 5.48. The van der Waals surface area contributed by atoms with Crippen molar-refractivity contribution < 1.29 is 9.47 Å². The van der Waals surface area contributed by atoms with Crippen molar-refractivity contribution in [2.24, 2.45) is 0 Å². The van der Waals surface area contributed by atoms with Crippen LogP contribution in [0.4, 0.5) is 0 Å². The van der Waals surface area contributed by atoms with Crippen molar-refractivity contribution >= 4 is 0 Å². The molecule has 0 saturated carbocycles. The third-order valence-electron chi connectivity index (χ3n) is 1.94. The van der Waals surface area contributed by atoms with Gasteiger partial charge in [0.05, 0.1) is 0 Å². The van der Waals surface area contributed by atoms with Crippen LogP contribution in [0.15, 0.2) is 18.2 Å². The first-order chi connectivity index (χ1) is 6.42. The van der Waals surface area contributed by atoms with E-state index in [2.05, 4.69) is 5.92 Å². The average Bonchev–Trinajstić information content (AvgIpc) is 2.19. The van der Waals surface area contributed by atoms with Gasteiger partial charge in [-0.2, -0.15) is 0 Å². The second-order valence-electron chi connectivity index (χ2n) is 2.82. The van der Waals surface area contributed by atoms with Crippen molar-refractivity contribution in [1.29, 1.82) is 0 Å². The monoisotopic (exact) mass is 174 g/mol. The normalized spacial score (nSPS) is 13.5. The van der Waals surface area contributed by atoms with Gasteiger partial charge in [0.2, 0.25) is 0 Å². The number of hydrogen-bond acceptors (Lipinski definition) is 2. The second kappa shape index (κ2) is 3.40. The Morgan fingerprint density at radius 3 is 3.00 bits per heavy atom. The molecule has 2 rings (SSSR count). The van der Waals surface area contributed by atoms with Crippen molar-refractivity contribution in [3.05, 3.63) is 23.8 Å². The smallest absolute Gasteiger partial charge is 0.165 e. The Hall–Kier alpha value is -1.62. The summed E-state index contributed by atoms with van der Waals surface area (Å²) in [5, 5.41) is 0. The topological polar surface area (TPSA) is 18.5 Å². The van der Waals surface area contributed by atoms with Gasteiger partial charge < -0.3 is 9.47 Å². The van der Waals surface area contributed by atoms with E-state index in [-0.39, 0.29) is 0 Å². The molecule has 0 bridgehead atoms. The minimum atomic E-state index is 0.590. The molecule has 1 aromatic rings. The highest BCUT2D eigenvalue weighted by Crippen LogP contribution is 2.33. The predicted molar refractivity (Wildman–Crippen MR) is 50.0 cm³/mol. The van der Waals surface area contributed by atoms with E-state index in [0.29, 0.717) is 19.6 Å². The van der Waals surface area contributed by atoms with E-state index < -0.39 is 0 Å². The van der Waals surface area contributed by atoms with Crippen LogP contribution in [0.2, 0.25) is 0 Å². The molecule has 0 atom stereocenters. The third-order valence-corrected chi connectivity index (χ3v) is 1.94. The van der Waals surface area contributed by atoms with E-state index in [0.717, 1.165) is 17.1 Å².